The molecule has 1 amide bonds. The van der Waals surface area contributed by atoms with Crippen LogP contribution >= 0.6 is 0 Å². The molecular weight excluding hydrogens is 346 g/mol. The molecule has 1 rings (SSSR count). The van der Waals surface area contributed by atoms with Crippen LogP contribution in [0.4, 0.5) is 0 Å². The molecule has 0 aromatic carbocycles. The molecule has 0 saturated heterocycles. The van der Waals surface area contributed by atoms with Gasteiger partial charge in [0.05, 0.1) is 6.04 Å². The number of rotatable bonds is 10. The minimum absolute atomic E-state index is 0.178. The highest BCUT2D eigenvalue weighted by Gasteiger charge is 2.30. The van der Waals surface area contributed by atoms with Crippen molar-refractivity contribution >= 4 is 11.9 Å². The number of aliphatic hydroxyl groups excluding tert-OH is 1. The third kappa shape index (κ3) is 9.49. The van der Waals surface area contributed by atoms with Crippen molar-refractivity contribution < 1.29 is 19.4 Å². The Bertz CT molecular complexity index is 585. The summed E-state index contributed by atoms with van der Waals surface area (Å²) in [6.07, 6.45) is 4.11. The molecule has 0 aliphatic rings. The summed E-state index contributed by atoms with van der Waals surface area (Å²) in [5.41, 5.74) is 0.260. The molecule has 0 radical (unpaired) electrons. The largest absolute Gasteiger partial charge is 0.459 e. The van der Waals surface area contributed by atoms with E-state index in [1.165, 1.54) is 0 Å². The van der Waals surface area contributed by atoms with Crippen molar-refractivity contribution in [1.29, 1.82) is 0 Å². The molecule has 2 atom stereocenters. The highest BCUT2D eigenvalue weighted by atomic mass is 16.6. The number of nitrogens with zero attached hydrogens (tertiary/aromatic N) is 1. The molecule has 7 heteroatoms. The standard InChI is InChI=1S/C20H33N3O4/c1-14(2)11-17(18(25)22-13-15-7-6-9-21-12-15)23-16(8-10-24)19(26)27-20(3,4)5/h6-7,9,12,14,16-17,23-24H,8,10-11,13H2,1-5H3,(H,22,25)/t16-,17+/m1/s1. The smallest absolute Gasteiger partial charge is 0.323 e. The Hall–Kier alpha value is -1.99. The van der Waals surface area contributed by atoms with E-state index in [0.717, 1.165) is 5.56 Å². The van der Waals surface area contributed by atoms with E-state index < -0.39 is 23.7 Å². The predicted octanol–water partition coefficient (Wildman–Crippen LogP) is 1.79. The second-order valence-electron chi connectivity index (χ2n) is 8.03. The third-order valence-electron chi connectivity index (χ3n) is 3.72. The molecule has 152 valence electrons. The lowest BCUT2D eigenvalue weighted by Crippen LogP contribution is -2.52. The molecule has 0 saturated carbocycles. The Balaban J connectivity index is 2.79. The van der Waals surface area contributed by atoms with Gasteiger partial charge in [0.15, 0.2) is 0 Å². The first-order chi connectivity index (χ1) is 12.6. The number of esters is 1. The van der Waals surface area contributed by atoms with E-state index in [4.69, 9.17) is 4.74 Å². The van der Waals surface area contributed by atoms with E-state index in [9.17, 15) is 14.7 Å². The van der Waals surface area contributed by atoms with Crippen molar-refractivity contribution in [3.05, 3.63) is 30.1 Å². The maximum absolute atomic E-state index is 12.7. The van der Waals surface area contributed by atoms with Crippen LogP contribution in [0.25, 0.3) is 0 Å². The normalized spacial score (nSPS) is 13.9. The third-order valence-corrected chi connectivity index (χ3v) is 3.72. The van der Waals surface area contributed by atoms with Crippen LogP contribution < -0.4 is 10.6 Å². The van der Waals surface area contributed by atoms with Gasteiger partial charge in [0, 0.05) is 25.5 Å². The van der Waals surface area contributed by atoms with E-state index in [1.807, 2.05) is 26.0 Å². The lowest BCUT2D eigenvalue weighted by molar-refractivity contribution is -0.158. The number of nitrogens with one attached hydrogen (secondary N) is 2. The Morgan fingerprint density at radius 3 is 2.48 bits per heavy atom. The van der Waals surface area contributed by atoms with Crippen LogP contribution in [0.5, 0.6) is 0 Å². The van der Waals surface area contributed by atoms with E-state index in [1.54, 1.807) is 33.2 Å². The van der Waals surface area contributed by atoms with Gasteiger partial charge in [-0.2, -0.15) is 0 Å². The van der Waals surface area contributed by atoms with Crippen molar-refractivity contribution in [1.82, 2.24) is 15.6 Å². The second-order valence-corrected chi connectivity index (χ2v) is 8.03. The summed E-state index contributed by atoms with van der Waals surface area (Å²) in [7, 11) is 0. The zero-order valence-electron chi connectivity index (χ0n) is 17.0. The SMILES string of the molecule is CC(C)C[C@H](N[C@H](CCO)C(=O)OC(C)(C)C)C(=O)NCc1cccnc1. The highest BCUT2D eigenvalue weighted by Crippen LogP contribution is 2.12. The summed E-state index contributed by atoms with van der Waals surface area (Å²) in [5.74, 6) is -0.413. The first-order valence-corrected chi connectivity index (χ1v) is 9.38. The number of hydrogen-bond acceptors (Lipinski definition) is 6. The predicted molar refractivity (Wildman–Crippen MR) is 104 cm³/mol. The van der Waals surface area contributed by atoms with E-state index in [2.05, 4.69) is 15.6 Å². The van der Waals surface area contributed by atoms with Crippen LogP contribution in [0, 0.1) is 5.92 Å². The number of ether oxygens (including phenoxy) is 1. The molecule has 0 aliphatic carbocycles. The summed E-state index contributed by atoms with van der Waals surface area (Å²) in [5, 5.41) is 15.3. The number of carbonyl (C=O) groups excluding carboxylic acids is 2. The van der Waals surface area contributed by atoms with Gasteiger partial charge in [0.1, 0.15) is 11.6 Å². The second kappa shape index (κ2) is 11.0. The quantitative estimate of drug-likeness (QED) is 0.536. The van der Waals surface area contributed by atoms with Crippen molar-refractivity contribution in [2.45, 2.75) is 71.7 Å². The fourth-order valence-corrected chi connectivity index (χ4v) is 2.55. The van der Waals surface area contributed by atoms with Gasteiger partial charge in [-0.25, -0.2) is 0 Å². The van der Waals surface area contributed by atoms with E-state index >= 15 is 0 Å². The van der Waals surface area contributed by atoms with Crippen LogP contribution in [-0.2, 0) is 20.9 Å². The van der Waals surface area contributed by atoms with Crippen molar-refractivity contribution in [3.8, 4) is 0 Å². The molecule has 0 fully saturated rings. The van der Waals surface area contributed by atoms with Crippen LogP contribution in [0.15, 0.2) is 24.5 Å². The van der Waals surface area contributed by atoms with Crippen molar-refractivity contribution in [3.63, 3.8) is 0 Å². The minimum atomic E-state index is -0.748. The molecule has 1 aromatic rings. The average molecular weight is 380 g/mol. The molecule has 7 nitrogen and oxygen atoms in total. The molecule has 1 heterocycles. The van der Waals surface area contributed by atoms with Crippen LogP contribution in [-0.4, -0.2) is 46.3 Å². The van der Waals surface area contributed by atoms with Crippen LogP contribution in [0.2, 0.25) is 0 Å². The first kappa shape index (κ1) is 23.0. The Morgan fingerprint density at radius 1 is 1.26 bits per heavy atom. The molecule has 1 aromatic heterocycles. The van der Waals surface area contributed by atoms with Gasteiger partial charge in [0.2, 0.25) is 5.91 Å². The Labute approximate surface area is 161 Å². The lowest BCUT2D eigenvalue weighted by atomic mass is 10.0. The summed E-state index contributed by atoms with van der Waals surface area (Å²) in [6, 6.07) is 2.38. The zero-order valence-corrected chi connectivity index (χ0v) is 17.0. The number of aliphatic hydroxyl groups is 1. The maximum atomic E-state index is 12.7. The van der Waals surface area contributed by atoms with E-state index in [-0.39, 0.29) is 24.9 Å². The summed E-state index contributed by atoms with van der Waals surface area (Å²) < 4.78 is 5.41. The lowest BCUT2D eigenvalue weighted by Gasteiger charge is -2.28. The summed E-state index contributed by atoms with van der Waals surface area (Å²) >= 11 is 0. The maximum Gasteiger partial charge on any atom is 0.323 e. The minimum Gasteiger partial charge on any atom is -0.459 e. The molecule has 0 bridgehead atoms. The van der Waals surface area contributed by atoms with Crippen molar-refractivity contribution in [2.24, 2.45) is 5.92 Å². The molecule has 0 spiro atoms. The number of aromatic nitrogens is 1. The average Bonchev–Trinajstić information content (AvgIpc) is 2.57. The summed E-state index contributed by atoms with van der Waals surface area (Å²) in [6.45, 7) is 9.56. The Kier molecular flexibility index (Phi) is 9.38. The first-order valence-electron chi connectivity index (χ1n) is 9.38. The van der Waals surface area contributed by atoms with Gasteiger partial charge >= 0.3 is 5.97 Å². The zero-order chi connectivity index (χ0) is 20.4. The summed E-state index contributed by atoms with van der Waals surface area (Å²) in [4.78, 5) is 29.2. The number of pyridine rings is 1. The fraction of sp³-hybridized carbons (Fsp3) is 0.650. The number of amides is 1. The highest BCUT2D eigenvalue weighted by molar-refractivity contribution is 5.83. The van der Waals surface area contributed by atoms with Gasteiger partial charge in [-0.3, -0.25) is 19.9 Å². The number of hydrogen-bond donors (Lipinski definition) is 3. The van der Waals surface area contributed by atoms with Gasteiger partial charge < -0.3 is 15.2 Å². The fourth-order valence-electron chi connectivity index (χ4n) is 2.55. The van der Waals surface area contributed by atoms with Gasteiger partial charge in [-0.05, 0) is 51.2 Å². The molecule has 27 heavy (non-hydrogen) atoms. The number of carbonyl (C=O) groups is 2. The van der Waals surface area contributed by atoms with E-state index in [0.29, 0.717) is 13.0 Å². The monoisotopic (exact) mass is 379 g/mol. The molecule has 0 unspecified atom stereocenters. The van der Waals surface area contributed by atoms with Crippen molar-refractivity contribution in [2.75, 3.05) is 6.61 Å². The van der Waals surface area contributed by atoms with Crippen LogP contribution in [0.1, 0.15) is 53.0 Å². The van der Waals surface area contributed by atoms with Crippen LogP contribution in [0.3, 0.4) is 0 Å². The topological polar surface area (TPSA) is 101 Å². The molecular formula is C20H33N3O4. The van der Waals surface area contributed by atoms with Gasteiger partial charge in [-0.15, -0.1) is 0 Å². The van der Waals surface area contributed by atoms with Gasteiger partial charge in [-0.1, -0.05) is 19.9 Å². The van der Waals surface area contributed by atoms with Gasteiger partial charge in [0.25, 0.3) is 0 Å². The molecule has 0 aliphatic heterocycles. The molecule has 3 N–H and O–H groups in total. The Morgan fingerprint density at radius 2 is 1.96 bits per heavy atom.